The van der Waals surface area contributed by atoms with Crippen LogP contribution in [0.15, 0.2) is 72.8 Å². The van der Waals surface area contributed by atoms with Gasteiger partial charge in [-0.25, -0.2) is 0 Å². The van der Waals surface area contributed by atoms with Crippen molar-refractivity contribution in [3.05, 3.63) is 106 Å². The van der Waals surface area contributed by atoms with E-state index in [1.165, 1.54) is 18.0 Å². The monoisotopic (exact) mass is 623 g/mol. The molecule has 0 saturated carbocycles. The van der Waals surface area contributed by atoms with Crippen molar-refractivity contribution in [3.63, 3.8) is 0 Å². The summed E-state index contributed by atoms with van der Waals surface area (Å²) in [5, 5.41) is 13.2. The molecule has 0 aliphatic heterocycles. The molecule has 230 valence electrons. The first-order valence-corrected chi connectivity index (χ1v) is 13.0. The minimum Gasteiger partial charge on any atom is -0.330 e. The molecule has 0 N–H and O–H groups in total. The summed E-state index contributed by atoms with van der Waals surface area (Å²) in [6.07, 6.45) is -14.9. The van der Waals surface area contributed by atoms with Gasteiger partial charge in [-0.2, -0.15) is 44.3 Å². The van der Waals surface area contributed by atoms with E-state index in [9.17, 15) is 39.5 Å². The van der Waals surface area contributed by atoms with Gasteiger partial charge < -0.3 is 4.90 Å². The smallest absolute Gasteiger partial charge is 0.330 e. The van der Waals surface area contributed by atoms with Crippen molar-refractivity contribution in [1.82, 2.24) is 20.2 Å². The molecule has 5 aromatic rings. The maximum absolute atomic E-state index is 13.9. The Balaban J connectivity index is 1.67. The van der Waals surface area contributed by atoms with E-state index >= 15 is 0 Å². The molecule has 4 aromatic carbocycles. The molecule has 44 heavy (non-hydrogen) atoms. The average Bonchev–Trinajstić information content (AvgIpc) is 3.38. The van der Waals surface area contributed by atoms with Crippen molar-refractivity contribution < 1.29 is 39.5 Å². The molecule has 0 unspecified atom stereocenters. The fraction of sp³-hybridized carbons (Fsp3) is 0.233. The van der Waals surface area contributed by atoms with Crippen LogP contribution in [0.1, 0.15) is 33.4 Å². The average molecular weight is 624 g/mol. The van der Waals surface area contributed by atoms with E-state index in [1.807, 2.05) is 31.2 Å². The Kier molecular flexibility index (Phi) is 7.80. The van der Waals surface area contributed by atoms with Crippen LogP contribution < -0.4 is 4.90 Å². The highest BCUT2D eigenvalue weighted by Gasteiger charge is 2.37. The largest absolute Gasteiger partial charge is 0.416 e. The molecule has 14 heteroatoms. The summed E-state index contributed by atoms with van der Waals surface area (Å²) < 4.78 is 123. The number of halogens is 9. The molecule has 1 heterocycles. The third kappa shape index (κ3) is 6.48. The lowest BCUT2D eigenvalue weighted by Crippen LogP contribution is -2.25. The second-order valence-electron chi connectivity index (χ2n) is 10.2. The van der Waals surface area contributed by atoms with Crippen LogP contribution in [0.4, 0.5) is 45.5 Å². The molecular formula is C30H22F9N5. The van der Waals surface area contributed by atoms with Crippen molar-refractivity contribution in [2.75, 3.05) is 4.90 Å². The van der Waals surface area contributed by atoms with E-state index in [0.29, 0.717) is 23.3 Å². The second kappa shape index (κ2) is 11.1. The molecule has 0 atom stereocenters. The number of hydrogen-bond donors (Lipinski definition) is 0. The van der Waals surface area contributed by atoms with Crippen LogP contribution >= 0.6 is 0 Å². The minimum atomic E-state index is -5.09. The Morgan fingerprint density at radius 1 is 0.659 bits per heavy atom. The zero-order valence-corrected chi connectivity index (χ0v) is 23.0. The molecular weight excluding hydrogens is 601 g/mol. The molecule has 0 fully saturated rings. The predicted molar refractivity (Wildman–Crippen MR) is 144 cm³/mol. The van der Waals surface area contributed by atoms with E-state index in [2.05, 4.69) is 15.4 Å². The number of hydrogen-bond acceptors (Lipinski definition) is 4. The number of benzene rings is 4. The molecule has 0 amide bonds. The molecule has 5 nitrogen and oxygen atoms in total. The van der Waals surface area contributed by atoms with Gasteiger partial charge in [-0.1, -0.05) is 47.6 Å². The molecule has 1 aromatic heterocycles. The number of rotatable bonds is 6. The number of nitrogens with zero attached hydrogens (tertiary/aromatic N) is 5. The van der Waals surface area contributed by atoms with Gasteiger partial charge >= 0.3 is 18.5 Å². The SMILES string of the molecule is Cc1ccc(-c2ccc(C(F)(F)F)cc2CN(Cc2cc(C(F)(F)F)cc(C(F)(F)F)c2)c2nnn(C)n2)c2ccccc12. The normalized spacial score (nSPS) is 12.6. The minimum absolute atomic E-state index is 0.00181. The van der Waals surface area contributed by atoms with Crippen molar-refractivity contribution in [1.29, 1.82) is 0 Å². The van der Waals surface area contributed by atoms with E-state index in [0.717, 1.165) is 33.3 Å². The highest BCUT2D eigenvalue weighted by atomic mass is 19.4. The van der Waals surface area contributed by atoms with Crippen LogP contribution in [0, 0.1) is 6.92 Å². The third-order valence-electron chi connectivity index (χ3n) is 7.03. The Bertz CT molecular complexity index is 1790. The Labute approximate surface area is 244 Å². The van der Waals surface area contributed by atoms with E-state index in [-0.39, 0.29) is 17.6 Å². The number of aromatic nitrogens is 4. The van der Waals surface area contributed by atoms with Gasteiger partial charge in [0.05, 0.1) is 23.7 Å². The zero-order chi connectivity index (χ0) is 32.0. The van der Waals surface area contributed by atoms with Crippen LogP contribution in [-0.4, -0.2) is 20.2 Å². The molecule has 5 rings (SSSR count). The lowest BCUT2D eigenvalue weighted by atomic mass is 9.91. The van der Waals surface area contributed by atoms with Gasteiger partial charge in [0.1, 0.15) is 0 Å². The first-order chi connectivity index (χ1) is 20.5. The summed E-state index contributed by atoms with van der Waals surface area (Å²) in [7, 11) is 1.38. The van der Waals surface area contributed by atoms with Gasteiger partial charge in [-0.15, -0.1) is 5.10 Å². The third-order valence-corrected chi connectivity index (χ3v) is 7.03. The second-order valence-corrected chi connectivity index (χ2v) is 10.2. The summed E-state index contributed by atoms with van der Waals surface area (Å²) >= 11 is 0. The van der Waals surface area contributed by atoms with Gasteiger partial charge in [0, 0.05) is 13.1 Å². The van der Waals surface area contributed by atoms with E-state index in [1.54, 1.807) is 12.1 Å². The highest BCUT2D eigenvalue weighted by molar-refractivity contribution is 5.99. The van der Waals surface area contributed by atoms with Gasteiger partial charge in [0.25, 0.3) is 5.95 Å². The van der Waals surface area contributed by atoms with Crippen molar-refractivity contribution >= 4 is 16.7 Å². The number of aryl methyl sites for hydroxylation is 2. The fourth-order valence-electron chi connectivity index (χ4n) is 4.98. The standard InChI is InChI=1S/C30H22F9N5/c1-17-7-9-26(25-6-4-3-5-23(17)25)24-10-8-20(28(31,32)33)13-19(24)16-44(27-40-42-43(2)41-27)15-18-11-21(29(34,35)36)14-22(12-18)30(37,38)39/h3-14H,15-16H2,1-2H3. The molecule has 0 aliphatic carbocycles. The first-order valence-electron chi connectivity index (χ1n) is 13.0. The van der Waals surface area contributed by atoms with Gasteiger partial charge in [0.2, 0.25) is 0 Å². The summed E-state index contributed by atoms with van der Waals surface area (Å²) in [5.74, 6) is -0.212. The van der Waals surface area contributed by atoms with Crippen LogP contribution in [0.2, 0.25) is 0 Å². The highest BCUT2D eigenvalue weighted by Crippen LogP contribution is 2.39. The van der Waals surface area contributed by atoms with Crippen molar-refractivity contribution in [2.45, 2.75) is 38.5 Å². The van der Waals surface area contributed by atoms with Gasteiger partial charge in [-0.3, -0.25) is 0 Å². The summed E-state index contributed by atoms with van der Waals surface area (Å²) in [6, 6.07) is 15.0. The molecule has 0 saturated heterocycles. The predicted octanol–water partition coefficient (Wildman–Crippen LogP) is 8.60. The Hall–Kier alpha value is -4.62. The van der Waals surface area contributed by atoms with E-state index < -0.39 is 53.9 Å². The number of fused-ring (bicyclic) bond motifs is 1. The fourth-order valence-corrected chi connectivity index (χ4v) is 4.98. The van der Waals surface area contributed by atoms with Crippen molar-refractivity contribution in [2.24, 2.45) is 7.05 Å². The number of alkyl halides is 9. The quantitative estimate of drug-likeness (QED) is 0.178. The summed E-state index contributed by atoms with van der Waals surface area (Å²) in [5.41, 5.74) is -2.48. The summed E-state index contributed by atoms with van der Waals surface area (Å²) in [4.78, 5) is 2.19. The summed E-state index contributed by atoms with van der Waals surface area (Å²) in [6.45, 7) is 0.860. The van der Waals surface area contributed by atoms with Gasteiger partial charge in [0.15, 0.2) is 0 Å². The topological polar surface area (TPSA) is 46.8 Å². The van der Waals surface area contributed by atoms with Crippen LogP contribution in [-0.2, 0) is 38.7 Å². The molecule has 0 radical (unpaired) electrons. The van der Waals surface area contributed by atoms with Crippen LogP contribution in [0.5, 0.6) is 0 Å². The maximum Gasteiger partial charge on any atom is 0.416 e. The molecule has 0 aliphatic rings. The maximum atomic E-state index is 13.9. The lowest BCUT2D eigenvalue weighted by molar-refractivity contribution is -0.143. The Morgan fingerprint density at radius 2 is 1.25 bits per heavy atom. The lowest BCUT2D eigenvalue weighted by Gasteiger charge is -2.25. The molecule has 0 bridgehead atoms. The van der Waals surface area contributed by atoms with Crippen molar-refractivity contribution in [3.8, 4) is 11.1 Å². The zero-order valence-electron chi connectivity index (χ0n) is 23.0. The first kappa shape index (κ1) is 30.8. The molecule has 0 spiro atoms. The number of tetrazole rings is 1. The van der Waals surface area contributed by atoms with Gasteiger partial charge in [-0.05, 0) is 81.1 Å². The Morgan fingerprint density at radius 3 is 1.82 bits per heavy atom. The van der Waals surface area contributed by atoms with Crippen LogP contribution in [0.3, 0.4) is 0 Å². The van der Waals surface area contributed by atoms with Crippen LogP contribution in [0.25, 0.3) is 21.9 Å². The number of anilines is 1. The van der Waals surface area contributed by atoms with E-state index in [4.69, 9.17) is 0 Å².